The summed E-state index contributed by atoms with van der Waals surface area (Å²) < 4.78 is 41.1. The molecule has 0 aromatic heterocycles. The molecule has 9 heteroatoms. The molecular formula is C35H40N3O5S+. The number of sulfonamides is 1. The molecule has 0 unspecified atom stereocenters. The van der Waals surface area contributed by atoms with E-state index in [1.165, 1.54) is 10.4 Å². The predicted octanol–water partition coefficient (Wildman–Crippen LogP) is 5.30. The smallest absolute Gasteiger partial charge is 0.264 e. The first-order valence-electron chi connectivity index (χ1n) is 14.5. The number of rotatable bonds is 15. The van der Waals surface area contributed by atoms with Crippen LogP contribution in [0.1, 0.15) is 22.3 Å². The second kappa shape index (κ2) is 15.0. The monoisotopic (exact) mass is 614 g/mol. The van der Waals surface area contributed by atoms with Crippen molar-refractivity contribution >= 4 is 15.7 Å². The molecule has 4 aromatic rings. The zero-order chi connectivity index (χ0) is 31.6. The van der Waals surface area contributed by atoms with Crippen molar-refractivity contribution in [3.63, 3.8) is 0 Å². The summed E-state index contributed by atoms with van der Waals surface area (Å²) in [5.74, 6) is 0.277. The largest absolute Gasteiger partial charge is 0.489 e. The second-order valence-electron chi connectivity index (χ2n) is 11.4. The summed E-state index contributed by atoms with van der Waals surface area (Å²) in [6.07, 6.45) is -0.790. The third kappa shape index (κ3) is 9.15. The van der Waals surface area contributed by atoms with Gasteiger partial charge in [0.2, 0.25) is 0 Å². The number of ether oxygens (including phenoxy) is 2. The maximum atomic E-state index is 13.8. The van der Waals surface area contributed by atoms with Gasteiger partial charge in [0.15, 0.2) is 0 Å². The van der Waals surface area contributed by atoms with E-state index in [9.17, 15) is 18.8 Å². The molecule has 0 saturated heterocycles. The van der Waals surface area contributed by atoms with Crippen molar-refractivity contribution in [2.75, 3.05) is 44.7 Å². The number of nitriles is 1. The topological polar surface area (TPSA) is 99.9 Å². The molecule has 8 nitrogen and oxygen atoms in total. The molecule has 230 valence electrons. The van der Waals surface area contributed by atoms with Crippen LogP contribution in [0.3, 0.4) is 0 Å². The Morgan fingerprint density at radius 3 is 2.18 bits per heavy atom. The number of hydrogen-bond acceptors (Lipinski definition) is 6. The molecule has 0 aliphatic rings. The molecule has 0 heterocycles. The number of aryl methyl sites for hydroxylation is 1. The van der Waals surface area contributed by atoms with E-state index < -0.39 is 16.1 Å². The molecule has 0 aliphatic heterocycles. The van der Waals surface area contributed by atoms with Gasteiger partial charge in [-0.2, -0.15) is 5.26 Å². The van der Waals surface area contributed by atoms with Crippen molar-refractivity contribution in [1.29, 1.82) is 5.26 Å². The highest BCUT2D eigenvalue weighted by atomic mass is 32.2. The van der Waals surface area contributed by atoms with Gasteiger partial charge in [-0.3, -0.25) is 4.31 Å². The van der Waals surface area contributed by atoms with Crippen LogP contribution in [-0.4, -0.2) is 64.5 Å². The maximum absolute atomic E-state index is 13.8. The van der Waals surface area contributed by atoms with Gasteiger partial charge in [0.05, 0.1) is 50.0 Å². The quantitative estimate of drug-likeness (QED) is 0.144. The lowest BCUT2D eigenvalue weighted by atomic mass is 10.1. The molecule has 1 atom stereocenters. The number of aliphatic hydroxyl groups excluding tert-OH is 1. The fourth-order valence-corrected chi connectivity index (χ4v) is 6.21. The fourth-order valence-electron chi connectivity index (χ4n) is 4.76. The van der Waals surface area contributed by atoms with Gasteiger partial charge in [0.25, 0.3) is 10.0 Å². The van der Waals surface area contributed by atoms with Crippen LogP contribution in [0, 0.1) is 18.3 Å². The molecule has 1 N–H and O–H groups in total. The van der Waals surface area contributed by atoms with Gasteiger partial charge >= 0.3 is 0 Å². The lowest BCUT2D eigenvalue weighted by molar-refractivity contribution is -0.893. The van der Waals surface area contributed by atoms with Gasteiger partial charge in [0, 0.05) is 0 Å². The minimum absolute atomic E-state index is 0.0179. The molecule has 0 amide bonds. The van der Waals surface area contributed by atoms with E-state index in [4.69, 9.17) is 9.47 Å². The van der Waals surface area contributed by atoms with Gasteiger partial charge in [-0.1, -0.05) is 78.4 Å². The van der Waals surface area contributed by atoms with Crippen molar-refractivity contribution in [2.24, 2.45) is 0 Å². The lowest BCUT2D eigenvalue weighted by Crippen LogP contribution is -2.48. The van der Waals surface area contributed by atoms with Crippen LogP contribution < -0.4 is 9.04 Å². The van der Waals surface area contributed by atoms with E-state index in [0.717, 1.165) is 16.7 Å². The zero-order valence-electron chi connectivity index (χ0n) is 25.5. The van der Waals surface area contributed by atoms with Gasteiger partial charge < -0.3 is 19.1 Å². The average molecular weight is 615 g/mol. The highest BCUT2D eigenvalue weighted by Gasteiger charge is 2.27. The number of anilines is 1. The van der Waals surface area contributed by atoms with Gasteiger partial charge in [-0.05, 0) is 48.4 Å². The van der Waals surface area contributed by atoms with Crippen molar-refractivity contribution in [3.8, 4) is 11.8 Å². The van der Waals surface area contributed by atoms with E-state index in [1.807, 2.05) is 81.7 Å². The Morgan fingerprint density at radius 2 is 1.55 bits per heavy atom. The SMILES string of the molecule is Cc1ccc(S(=O)(=O)N(Cc2ccccc2)c2ccc(OC[C@H](O)C[N+](C)(C)CCOCc3ccccc3)c(C#N)c2)cc1. The second-order valence-corrected chi connectivity index (χ2v) is 13.3. The van der Waals surface area contributed by atoms with Crippen molar-refractivity contribution < 1.29 is 27.5 Å². The Morgan fingerprint density at radius 1 is 0.909 bits per heavy atom. The van der Waals surface area contributed by atoms with Crippen LogP contribution in [-0.2, 0) is 27.9 Å². The number of hydrogen-bond donors (Lipinski definition) is 1. The van der Waals surface area contributed by atoms with Crippen molar-refractivity contribution in [1.82, 2.24) is 0 Å². The standard InChI is InChI=1S/C35H40N3O5S/c1-28-14-17-34(18-15-28)44(40,41)37(24-29-10-6-4-7-11-29)32-16-19-35(31(22-32)23-36)43-27-33(39)25-38(2,3)20-21-42-26-30-12-8-5-9-13-30/h4-19,22,33,39H,20-21,24-27H2,1-3H3/q+1/t33-/m1/s1. The summed E-state index contributed by atoms with van der Waals surface area (Å²) in [5.41, 5.74) is 3.38. The minimum Gasteiger partial charge on any atom is -0.489 e. The van der Waals surface area contributed by atoms with Crippen molar-refractivity contribution in [2.45, 2.75) is 31.1 Å². The number of benzene rings is 4. The van der Waals surface area contributed by atoms with E-state index in [1.54, 1.807) is 36.4 Å². The van der Waals surface area contributed by atoms with Crippen molar-refractivity contribution in [3.05, 3.63) is 125 Å². The summed E-state index contributed by atoms with van der Waals surface area (Å²) in [6, 6.07) is 32.8. The third-order valence-electron chi connectivity index (χ3n) is 7.24. The van der Waals surface area contributed by atoms with E-state index >= 15 is 0 Å². The molecule has 0 radical (unpaired) electrons. The third-order valence-corrected chi connectivity index (χ3v) is 9.03. The fraction of sp³-hybridized carbons (Fsp3) is 0.286. The number of aliphatic hydroxyl groups is 1. The van der Waals surface area contributed by atoms with Crippen LogP contribution in [0.15, 0.2) is 108 Å². The van der Waals surface area contributed by atoms with E-state index in [2.05, 4.69) is 6.07 Å². The Balaban J connectivity index is 1.43. The van der Waals surface area contributed by atoms with Crippen LogP contribution in [0.25, 0.3) is 0 Å². The molecule has 0 spiro atoms. The van der Waals surface area contributed by atoms with Crippen LogP contribution in [0.4, 0.5) is 5.69 Å². The Labute approximate surface area is 261 Å². The minimum atomic E-state index is -3.95. The molecule has 0 bridgehead atoms. The molecule has 0 fully saturated rings. The molecule has 44 heavy (non-hydrogen) atoms. The van der Waals surface area contributed by atoms with Gasteiger partial charge in [-0.25, -0.2) is 8.42 Å². The highest BCUT2D eigenvalue weighted by Crippen LogP contribution is 2.30. The average Bonchev–Trinajstić information content (AvgIpc) is 3.02. The van der Waals surface area contributed by atoms with E-state index in [0.29, 0.717) is 36.5 Å². The molecule has 4 rings (SSSR count). The maximum Gasteiger partial charge on any atom is 0.264 e. The van der Waals surface area contributed by atoms with E-state index in [-0.39, 0.29) is 29.4 Å². The molecule has 0 aliphatic carbocycles. The van der Waals surface area contributed by atoms with Crippen LogP contribution in [0.5, 0.6) is 5.75 Å². The predicted molar refractivity (Wildman–Crippen MR) is 172 cm³/mol. The number of likely N-dealkylation sites (N-methyl/N-ethyl adjacent to an activating group) is 1. The molecule has 4 aromatic carbocycles. The highest BCUT2D eigenvalue weighted by molar-refractivity contribution is 7.92. The van der Waals surface area contributed by atoms with Gasteiger partial charge in [-0.15, -0.1) is 0 Å². The Bertz CT molecular complexity index is 1640. The lowest BCUT2D eigenvalue weighted by Gasteiger charge is -2.31. The molecule has 0 saturated carbocycles. The summed E-state index contributed by atoms with van der Waals surface area (Å²) in [5, 5.41) is 20.7. The van der Waals surface area contributed by atoms with Crippen LogP contribution in [0.2, 0.25) is 0 Å². The van der Waals surface area contributed by atoms with Gasteiger partial charge in [0.1, 0.15) is 37.6 Å². The van der Waals surface area contributed by atoms with Crippen LogP contribution >= 0.6 is 0 Å². The summed E-state index contributed by atoms with van der Waals surface area (Å²) in [6.45, 7) is 4.17. The first kappa shape index (κ1) is 32.7. The number of nitrogens with zero attached hydrogens (tertiary/aromatic N) is 3. The first-order chi connectivity index (χ1) is 21.1. The molecular weight excluding hydrogens is 574 g/mol. The normalized spacial score (nSPS) is 12.3. The summed E-state index contributed by atoms with van der Waals surface area (Å²) in [7, 11) is 0.0808. The Hall–Kier alpha value is -4.20. The first-order valence-corrected chi connectivity index (χ1v) is 15.9. The Kier molecular flexibility index (Phi) is 11.1. The number of quaternary nitrogens is 1. The summed E-state index contributed by atoms with van der Waals surface area (Å²) in [4.78, 5) is 0.159. The summed E-state index contributed by atoms with van der Waals surface area (Å²) >= 11 is 0. The zero-order valence-corrected chi connectivity index (χ0v) is 26.3.